The van der Waals surface area contributed by atoms with Gasteiger partial charge in [0.25, 0.3) is 0 Å². The Hall–Kier alpha value is -1.54. The van der Waals surface area contributed by atoms with Crippen LogP contribution in [0.3, 0.4) is 0 Å². The summed E-state index contributed by atoms with van der Waals surface area (Å²) in [5, 5.41) is 11.0. The minimum absolute atomic E-state index is 0.674. The van der Waals surface area contributed by atoms with Crippen LogP contribution in [0.15, 0.2) is 34.9 Å². The summed E-state index contributed by atoms with van der Waals surface area (Å²) < 4.78 is 5.48. The fourth-order valence-electron chi connectivity index (χ4n) is 3.11. The van der Waals surface area contributed by atoms with Crippen molar-refractivity contribution in [2.24, 2.45) is 0 Å². The maximum atomic E-state index is 11.0. The summed E-state index contributed by atoms with van der Waals surface area (Å²) in [6, 6.07) is 8.36. The van der Waals surface area contributed by atoms with Crippen LogP contribution in [-0.4, -0.2) is 5.11 Å². The molecule has 0 saturated heterocycles. The number of fused-ring (bicyclic) bond motifs is 1. The lowest BCUT2D eigenvalue weighted by Crippen LogP contribution is -2.32. The van der Waals surface area contributed by atoms with Crippen LogP contribution in [0, 0.1) is 13.8 Å². The molecule has 0 bridgehead atoms. The first-order valence-corrected chi connectivity index (χ1v) is 6.94. The molecule has 1 aromatic heterocycles. The van der Waals surface area contributed by atoms with E-state index in [9.17, 15) is 5.11 Å². The van der Waals surface area contributed by atoms with Crippen LogP contribution >= 0.6 is 0 Å². The summed E-state index contributed by atoms with van der Waals surface area (Å²) in [5.74, 6) is 0.957. The monoisotopic (exact) mass is 256 g/mol. The molecule has 1 aliphatic rings. The fourth-order valence-corrected chi connectivity index (χ4v) is 3.11. The van der Waals surface area contributed by atoms with Gasteiger partial charge in [-0.05, 0) is 43.9 Å². The zero-order valence-corrected chi connectivity index (χ0v) is 11.6. The van der Waals surface area contributed by atoms with E-state index in [4.69, 9.17) is 4.42 Å². The third-order valence-electron chi connectivity index (χ3n) is 4.23. The summed E-state index contributed by atoms with van der Waals surface area (Å²) in [5.41, 5.74) is 3.94. The van der Waals surface area contributed by atoms with Gasteiger partial charge in [-0.15, -0.1) is 0 Å². The van der Waals surface area contributed by atoms with Crippen LogP contribution in [0.2, 0.25) is 0 Å². The van der Waals surface area contributed by atoms with Crippen molar-refractivity contribution < 1.29 is 9.52 Å². The van der Waals surface area contributed by atoms with Crippen molar-refractivity contribution in [1.82, 2.24) is 0 Å². The van der Waals surface area contributed by atoms with Gasteiger partial charge < -0.3 is 9.52 Å². The van der Waals surface area contributed by atoms with Crippen LogP contribution in [-0.2, 0) is 18.4 Å². The largest absolute Gasteiger partial charge is 0.469 e. The lowest BCUT2D eigenvalue weighted by Gasteiger charge is -2.32. The zero-order valence-electron chi connectivity index (χ0n) is 11.6. The SMILES string of the molecule is Cc1ccc(C)c(CC2(O)CCCc3occc32)c1. The van der Waals surface area contributed by atoms with E-state index in [-0.39, 0.29) is 0 Å². The summed E-state index contributed by atoms with van der Waals surface area (Å²) in [6.07, 6.45) is 5.11. The van der Waals surface area contributed by atoms with Gasteiger partial charge in [0.05, 0.1) is 11.9 Å². The summed E-state index contributed by atoms with van der Waals surface area (Å²) in [6.45, 7) is 4.20. The van der Waals surface area contributed by atoms with Crippen LogP contribution in [0.4, 0.5) is 0 Å². The van der Waals surface area contributed by atoms with Crippen molar-refractivity contribution in [3.05, 3.63) is 58.5 Å². The van der Waals surface area contributed by atoms with Crippen molar-refractivity contribution in [2.45, 2.75) is 45.1 Å². The number of aryl methyl sites for hydroxylation is 3. The third kappa shape index (κ3) is 2.21. The van der Waals surface area contributed by atoms with Crippen LogP contribution in [0.5, 0.6) is 0 Å². The van der Waals surface area contributed by atoms with Gasteiger partial charge >= 0.3 is 0 Å². The number of furan rings is 1. The molecule has 100 valence electrons. The number of hydrogen-bond acceptors (Lipinski definition) is 2. The predicted molar refractivity (Wildman–Crippen MR) is 75.2 cm³/mol. The second-order valence-corrected chi connectivity index (χ2v) is 5.75. The van der Waals surface area contributed by atoms with Crippen LogP contribution in [0.25, 0.3) is 0 Å². The summed E-state index contributed by atoms with van der Waals surface area (Å²) in [7, 11) is 0. The lowest BCUT2D eigenvalue weighted by atomic mass is 9.78. The number of rotatable bonds is 2. The molecular weight excluding hydrogens is 236 g/mol. The molecule has 0 amide bonds. The first-order chi connectivity index (χ1) is 9.08. The van der Waals surface area contributed by atoms with E-state index in [0.29, 0.717) is 6.42 Å². The van der Waals surface area contributed by atoms with Crippen molar-refractivity contribution in [2.75, 3.05) is 0 Å². The van der Waals surface area contributed by atoms with Gasteiger partial charge in [-0.25, -0.2) is 0 Å². The maximum absolute atomic E-state index is 11.0. The van der Waals surface area contributed by atoms with Gasteiger partial charge in [0.1, 0.15) is 5.76 Å². The first kappa shape index (κ1) is 12.5. The van der Waals surface area contributed by atoms with Crippen LogP contribution in [0.1, 0.15) is 40.9 Å². The van der Waals surface area contributed by atoms with Crippen molar-refractivity contribution in [3.8, 4) is 0 Å². The Labute approximate surface area is 114 Å². The molecule has 1 aliphatic carbocycles. The maximum Gasteiger partial charge on any atom is 0.109 e. The van der Waals surface area contributed by atoms with Gasteiger partial charge in [0, 0.05) is 18.4 Å². The Kier molecular flexibility index (Phi) is 2.98. The standard InChI is InChI=1S/C17H20O2/c1-12-5-6-13(2)14(10-12)11-17(18)8-3-4-16-15(17)7-9-19-16/h5-7,9-10,18H,3-4,8,11H2,1-2H3. The zero-order chi connectivity index (χ0) is 13.5. The molecule has 0 radical (unpaired) electrons. The molecule has 0 aliphatic heterocycles. The number of benzene rings is 1. The molecule has 3 rings (SSSR count). The normalized spacial score (nSPS) is 22.3. The average Bonchev–Trinajstić information content (AvgIpc) is 2.84. The third-order valence-corrected chi connectivity index (χ3v) is 4.23. The van der Waals surface area contributed by atoms with Gasteiger partial charge in [-0.3, -0.25) is 0 Å². The summed E-state index contributed by atoms with van der Waals surface area (Å²) in [4.78, 5) is 0. The highest BCUT2D eigenvalue weighted by Gasteiger charge is 2.36. The van der Waals surface area contributed by atoms with Gasteiger partial charge in [0.2, 0.25) is 0 Å². The average molecular weight is 256 g/mol. The molecule has 0 saturated carbocycles. The van der Waals surface area contributed by atoms with E-state index in [1.807, 2.05) is 6.07 Å². The minimum atomic E-state index is -0.765. The second-order valence-electron chi connectivity index (χ2n) is 5.75. The molecule has 1 N–H and O–H groups in total. The van der Waals surface area contributed by atoms with Crippen molar-refractivity contribution in [1.29, 1.82) is 0 Å². The topological polar surface area (TPSA) is 33.4 Å². The Morgan fingerprint density at radius 1 is 1.26 bits per heavy atom. The quantitative estimate of drug-likeness (QED) is 0.889. The molecular formula is C17H20O2. The molecule has 1 heterocycles. The predicted octanol–water partition coefficient (Wildman–Crippen LogP) is 3.66. The van der Waals surface area contributed by atoms with Gasteiger partial charge in [-0.2, -0.15) is 0 Å². The molecule has 1 unspecified atom stereocenters. The Bertz CT molecular complexity index is 597. The van der Waals surface area contributed by atoms with Crippen molar-refractivity contribution in [3.63, 3.8) is 0 Å². The van der Waals surface area contributed by atoms with E-state index in [0.717, 1.165) is 30.6 Å². The molecule has 1 aromatic carbocycles. The Morgan fingerprint density at radius 2 is 2.11 bits per heavy atom. The molecule has 2 nitrogen and oxygen atoms in total. The smallest absolute Gasteiger partial charge is 0.109 e. The highest BCUT2D eigenvalue weighted by atomic mass is 16.3. The van der Waals surface area contributed by atoms with E-state index in [1.54, 1.807) is 6.26 Å². The highest BCUT2D eigenvalue weighted by Crippen LogP contribution is 2.39. The molecule has 0 fully saturated rings. The molecule has 2 heteroatoms. The molecule has 19 heavy (non-hydrogen) atoms. The number of aliphatic hydroxyl groups is 1. The number of hydrogen-bond donors (Lipinski definition) is 1. The van der Waals surface area contributed by atoms with Crippen molar-refractivity contribution >= 4 is 0 Å². The molecule has 2 aromatic rings. The minimum Gasteiger partial charge on any atom is -0.469 e. The van der Waals surface area contributed by atoms with E-state index < -0.39 is 5.60 Å². The van der Waals surface area contributed by atoms with E-state index in [1.165, 1.54) is 16.7 Å². The van der Waals surface area contributed by atoms with Crippen LogP contribution < -0.4 is 0 Å². The molecule has 0 spiro atoms. The fraction of sp³-hybridized carbons (Fsp3) is 0.412. The van der Waals surface area contributed by atoms with Gasteiger partial charge in [0.15, 0.2) is 0 Å². The van der Waals surface area contributed by atoms with Gasteiger partial charge in [-0.1, -0.05) is 23.8 Å². The first-order valence-electron chi connectivity index (χ1n) is 6.94. The van der Waals surface area contributed by atoms with E-state index in [2.05, 4.69) is 32.0 Å². The Morgan fingerprint density at radius 3 is 2.95 bits per heavy atom. The highest BCUT2D eigenvalue weighted by molar-refractivity contribution is 5.35. The summed E-state index contributed by atoms with van der Waals surface area (Å²) >= 11 is 0. The lowest BCUT2D eigenvalue weighted by molar-refractivity contribution is 0.0167. The molecule has 1 atom stereocenters. The second kappa shape index (κ2) is 4.53. The Balaban J connectivity index is 1.97. The van der Waals surface area contributed by atoms with E-state index >= 15 is 0 Å².